The van der Waals surface area contributed by atoms with E-state index in [2.05, 4.69) is 4.90 Å². The topological polar surface area (TPSA) is 32.7 Å². The fourth-order valence-electron chi connectivity index (χ4n) is 3.74. The first-order chi connectivity index (χ1) is 12.4. The average molecular weight is 363 g/mol. The van der Waals surface area contributed by atoms with Crippen LogP contribution in [0.15, 0.2) is 48.5 Å². The molecule has 2 aliphatic rings. The van der Waals surface area contributed by atoms with E-state index in [0.29, 0.717) is 13.2 Å². The molecule has 2 heterocycles. The van der Waals surface area contributed by atoms with Gasteiger partial charge in [-0.3, -0.25) is 0 Å². The summed E-state index contributed by atoms with van der Waals surface area (Å²) in [6, 6.07) is 13.3. The summed E-state index contributed by atoms with van der Waals surface area (Å²) >= 11 is 0. The number of ether oxygens (including phenoxy) is 1. The minimum absolute atomic E-state index is 0.0678. The molecule has 4 rings (SSSR count). The number of aliphatic hydroxyl groups is 1. The lowest BCUT2D eigenvalue weighted by molar-refractivity contribution is -0.184. The van der Waals surface area contributed by atoms with Crippen LogP contribution in [0.2, 0.25) is 0 Å². The zero-order valence-corrected chi connectivity index (χ0v) is 14.2. The fraction of sp³-hybridized carbons (Fsp3) is 0.400. The Morgan fingerprint density at radius 1 is 1.00 bits per heavy atom. The fourth-order valence-corrected chi connectivity index (χ4v) is 3.74. The number of alkyl halides is 3. The maximum atomic E-state index is 12.8. The SMILES string of the molecule is OC1(c2ccc(N3CCCC3c3ccc(C(F)(F)F)cc3)cc2)COC1. The van der Waals surface area contributed by atoms with Crippen molar-refractivity contribution in [3.8, 4) is 0 Å². The molecule has 2 aromatic rings. The summed E-state index contributed by atoms with van der Waals surface area (Å²) in [7, 11) is 0. The van der Waals surface area contributed by atoms with Crippen molar-refractivity contribution in [2.24, 2.45) is 0 Å². The summed E-state index contributed by atoms with van der Waals surface area (Å²) < 4.78 is 43.4. The van der Waals surface area contributed by atoms with E-state index in [1.807, 2.05) is 24.3 Å². The van der Waals surface area contributed by atoms with Crippen LogP contribution >= 0.6 is 0 Å². The van der Waals surface area contributed by atoms with Crippen LogP contribution in [0.4, 0.5) is 18.9 Å². The molecule has 0 bridgehead atoms. The Balaban J connectivity index is 1.55. The van der Waals surface area contributed by atoms with E-state index >= 15 is 0 Å². The van der Waals surface area contributed by atoms with Crippen LogP contribution in [0.3, 0.4) is 0 Å². The molecule has 3 nitrogen and oxygen atoms in total. The van der Waals surface area contributed by atoms with Crippen molar-refractivity contribution in [2.45, 2.75) is 30.7 Å². The predicted molar refractivity (Wildman–Crippen MR) is 91.9 cm³/mol. The molecule has 0 aromatic heterocycles. The van der Waals surface area contributed by atoms with Crippen molar-refractivity contribution in [3.63, 3.8) is 0 Å². The van der Waals surface area contributed by atoms with Crippen molar-refractivity contribution in [3.05, 3.63) is 65.2 Å². The first kappa shape index (κ1) is 17.4. The number of rotatable bonds is 3. The summed E-state index contributed by atoms with van der Waals surface area (Å²) in [5.41, 5.74) is 1.23. The Labute approximate surface area is 150 Å². The van der Waals surface area contributed by atoms with Crippen LogP contribution in [0.5, 0.6) is 0 Å². The second kappa shape index (κ2) is 6.28. The van der Waals surface area contributed by atoms with Crippen LogP contribution in [-0.2, 0) is 16.5 Å². The van der Waals surface area contributed by atoms with Crippen molar-refractivity contribution in [1.82, 2.24) is 0 Å². The minimum Gasteiger partial charge on any atom is -0.380 e. The quantitative estimate of drug-likeness (QED) is 0.884. The van der Waals surface area contributed by atoms with Crippen LogP contribution in [0.25, 0.3) is 0 Å². The summed E-state index contributed by atoms with van der Waals surface area (Å²) in [5.74, 6) is 0. The Hall–Kier alpha value is -2.05. The van der Waals surface area contributed by atoms with Gasteiger partial charge < -0.3 is 14.7 Å². The molecule has 2 fully saturated rings. The number of hydrogen-bond donors (Lipinski definition) is 1. The second-order valence-electron chi connectivity index (χ2n) is 7.04. The average Bonchev–Trinajstić information content (AvgIpc) is 3.09. The van der Waals surface area contributed by atoms with E-state index < -0.39 is 17.3 Å². The normalized spacial score (nSPS) is 22.3. The molecule has 1 atom stereocenters. The molecule has 138 valence electrons. The molecule has 1 unspecified atom stereocenters. The van der Waals surface area contributed by atoms with E-state index in [9.17, 15) is 18.3 Å². The van der Waals surface area contributed by atoms with Gasteiger partial charge in [0.1, 0.15) is 5.60 Å². The van der Waals surface area contributed by atoms with Crippen molar-refractivity contribution in [2.75, 3.05) is 24.7 Å². The van der Waals surface area contributed by atoms with Crippen LogP contribution in [0.1, 0.15) is 35.6 Å². The van der Waals surface area contributed by atoms with Gasteiger partial charge in [0.25, 0.3) is 0 Å². The van der Waals surface area contributed by atoms with Gasteiger partial charge in [0.15, 0.2) is 0 Å². The molecule has 1 N–H and O–H groups in total. The van der Waals surface area contributed by atoms with E-state index in [1.165, 1.54) is 0 Å². The Bertz CT molecular complexity index is 767. The van der Waals surface area contributed by atoms with Gasteiger partial charge in [-0.05, 0) is 48.2 Å². The third-order valence-corrected chi connectivity index (χ3v) is 5.29. The van der Waals surface area contributed by atoms with Gasteiger partial charge in [0.05, 0.1) is 24.8 Å². The highest BCUT2D eigenvalue weighted by molar-refractivity contribution is 5.52. The largest absolute Gasteiger partial charge is 0.416 e. The molecule has 0 aliphatic carbocycles. The lowest BCUT2D eigenvalue weighted by atomic mass is 9.92. The number of nitrogens with zero attached hydrogens (tertiary/aromatic N) is 1. The van der Waals surface area contributed by atoms with E-state index in [4.69, 9.17) is 4.74 Å². The van der Waals surface area contributed by atoms with Gasteiger partial charge in [-0.25, -0.2) is 0 Å². The number of halogens is 3. The third kappa shape index (κ3) is 3.08. The summed E-state index contributed by atoms with van der Waals surface area (Å²) in [5, 5.41) is 10.3. The monoisotopic (exact) mass is 363 g/mol. The highest BCUT2D eigenvalue weighted by Crippen LogP contribution is 2.38. The molecule has 2 aliphatic heterocycles. The van der Waals surface area contributed by atoms with Gasteiger partial charge in [0.2, 0.25) is 0 Å². The van der Waals surface area contributed by atoms with Crippen molar-refractivity contribution in [1.29, 1.82) is 0 Å². The molecule has 0 radical (unpaired) electrons. The highest BCUT2D eigenvalue weighted by atomic mass is 19.4. The molecule has 0 spiro atoms. The maximum Gasteiger partial charge on any atom is 0.416 e. The van der Waals surface area contributed by atoms with Gasteiger partial charge in [0, 0.05) is 12.2 Å². The van der Waals surface area contributed by atoms with Crippen LogP contribution < -0.4 is 4.90 Å². The van der Waals surface area contributed by atoms with Gasteiger partial charge in [-0.2, -0.15) is 13.2 Å². The predicted octanol–water partition coefficient (Wildman–Crippen LogP) is 4.26. The second-order valence-corrected chi connectivity index (χ2v) is 7.04. The molecule has 2 saturated heterocycles. The number of hydrogen-bond acceptors (Lipinski definition) is 3. The molecule has 0 amide bonds. The van der Waals surface area contributed by atoms with E-state index in [-0.39, 0.29) is 6.04 Å². The number of anilines is 1. The van der Waals surface area contributed by atoms with E-state index in [1.54, 1.807) is 12.1 Å². The minimum atomic E-state index is -4.31. The Morgan fingerprint density at radius 2 is 1.65 bits per heavy atom. The van der Waals surface area contributed by atoms with Crippen LogP contribution in [-0.4, -0.2) is 24.9 Å². The Morgan fingerprint density at radius 3 is 2.19 bits per heavy atom. The standard InChI is InChI=1S/C20H20F3NO2/c21-20(22,23)16-5-3-14(4-6-16)18-2-1-11-24(18)17-9-7-15(8-10-17)19(25)12-26-13-19/h3-10,18,25H,1-2,11-13H2. The maximum absolute atomic E-state index is 12.8. The van der Waals surface area contributed by atoms with Gasteiger partial charge in [-0.1, -0.05) is 24.3 Å². The molecule has 26 heavy (non-hydrogen) atoms. The van der Waals surface area contributed by atoms with E-state index in [0.717, 1.165) is 48.3 Å². The summed E-state index contributed by atoms with van der Waals surface area (Å²) in [6.45, 7) is 1.48. The van der Waals surface area contributed by atoms with Gasteiger partial charge in [-0.15, -0.1) is 0 Å². The van der Waals surface area contributed by atoms with Crippen LogP contribution in [0, 0.1) is 0 Å². The third-order valence-electron chi connectivity index (χ3n) is 5.29. The lowest BCUT2D eigenvalue weighted by Crippen LogP contribution is -2.46. The zero-order chi connectivity index (χ0) is 18.4. The first-order valence-corrected chi connectivity index (χ1v) is 8.71. The summed E-state index contributed by atoms with van der Waals surface area (Å²) in [6.07, 6.45) is -2.41. The molecular formula is C20H20F3NO2. The number of benzene rings is 2. The highest BCUT2D eigenvalue weighted by Gasteiger charge is 2.38. The molecule has 0 saturated carbocycles. The summed E-state index contributed by atoms with van der Waals surface area (Å²) in [4.78, 5) is 2.22. The molecular weight excluding hydrogens is 343 g/mol. The smallest absolute Gasteiger partial charge is 0.380 e. The first-order valence-electron chi connectivity index (χ1n) is 8.71. The lowest BCUT2D eigenvalue weighted by Gasteiger charge is -2.37. The Kier molecular flexibility index (Phi) is 4.20. The molecule has 2 aromatic carbocycles. The van der Waals surface area contributed by atoms with Gasteiger partial charge >= 0.3 is 6.18 Å². The van der Waals surface area contributed by atoms with Crippen molar-refractivity contribution < 1.29 is 23.0 Å². The molecule has 6 heteroatoms. The zero-order valence-electron chi connectivity index (χ0n) is 14.2. The van der Waals surface area contributed by atoms with Crippen molar-refractivity contribution >= 4 is 5.69 Å².